The van der Waals surface area contributed by atoms with Gasteiger partial charge in [-0.05, 0) is 24.1 Å². The highest BCUT2D eigenvalue weighted by Crippen LogP contribution is 2.01. The molecule has 0 fully saturated rings. The average molecular weight is 466 g/mol. The smallest absolute Gasteiger partial charge is 0.251 e. The minimum Gasteiger partial charge on any atom is -0.356 e. The van der Waals surface area contributed by atoms with Gasteiger partial charge in [0.25, 0.3) is 5.91 Å². The van der Waals surface area contributed by atoms with Crippen molar-refractivity contribution >= 4 is 35.8 Å². The van der Waals surface area contributed by atoms with E-state index in [9.17, 15) is 4.79 Å². The number of nitrogens with one attached hydrogen (secondary N) is 2. The fourth-order valence-electron chi connectivity index (χ4n) is 2.29. The Morgan fingerprint density at radius 2 is 1.50 bits per heavy atom. The number of carbonyl (C=O) groups excluding carboxylic acids is 1. The largest absolute Gasteiger partial charge is 0.356 e. The highest BCUT2D eigenvalue weighted by Gasteiger charge is 2.04. The number of aliphatic imine (C=N–C) groups is 1. The molecule has 0 saturated carbocycles. The highest BCUT2D eigenvalue weighted by atomic mass is 127. The van der Waals surface area contributed by atoms with Crippen molar-refractivity contribution in [2.24, 2.45) is 4.99 Å². The normalized spacial score (nSPS) is 10.6. The number of halogens is 1. The first kappa shape index (κ1) is 22.0. The molecule has 2 aromatic carbocycles. The van der Waals surface area contributed by atoms with Crippen molar-refractivity contribution in [1.29, 1.82) is 0 Å². The van der Waals surface area contributed by atoms with Gasteiger partial charge in [-0.25, -0.2) is 4.99 Å². The maximum absolute atomic E-state index is 11.9. The van der Waals surface area contributed by atoms with Gasteiger partial charge >= 0.3 is 0 Å². The molecule has 0 atom stereocenters. The van der Waals surface area contributed by atoms with Gasteiger partial charge in [0, 0.05) is 32.7 Å². The van der Waals surface area contributed by atoms with E-state index >= 15 is 0 Å². The van der Waals surface area contributed by atoms with Gasteiger partial charge in [0.1, 0.15) is 0 Å². The van der Waals surface area contributed by atoms with Gasteiger partial charge in [0.2, 0.25) is 0 Å². The molecule has 0 spiro atoms. The Bertz CT molecular complexity index is 675. The molecule has 2 N–H and O–H groups in total. The number of carbonyl (C=O) groups is 1. The summed E-state index contributed by atoms with van der Waals surface area (Å²) in [5.41, 5.74) is 1.87. The Balaban J connectivity index is 0.00000338. The van der Waals surface area contributed by atoms with E-state index in [1.54, 1.807) is 0 Å². The second kappa shape index (κ2) is 12.3. The molecule has 0 aliphatic carbocycles. The van der Waals surface area contributed by atoms with Crippen LogP contribution in [-0.2, 0) is 6.54 Å². The molecular weight excluding hydrogens is 439 g/mol. The Morgan fingerprint density at radius 3 is 2.12 bits per heavy atom. The van der Waals surface area contributed by atoms with Gasteiger partial charge < -0.3 is 15.5 Å². The summed E-state index contributed by atoms with van der Waals surface area (Å²) < 4.78 is 0. The first-order valence-corrected chi connectivity index (χ1v) is 8.49. The summed E-state index contributed by atoms with van der Waals surface area (Å²) in [6, 6.07) is 19.4. The van der Waals surface area contributed by atoms with Crippen LogP contribution in [0.1, 0.15) is 22.3 Å². The van der Waals surface area contributed by atoms with Gasteiger partial charge in [-0.3, -0.25) is 4.79 Å². The molecule has 1 amide bonds. The summed E-state index contributed by atoms with van der Waals surface area (Å²) in [6.45, 7) is 2.02. The molecule has 0 unspecified atom stereocenters. The van der Waals surface area contributed by atoms with Crippen LogP contribution < -0.4 is 10.6 Å². The van der Waals surface area contributed by atoms with E-state index in [4.69, 9.17) is 0 Å². The van der Waals surface area contributed by atoms with Crippen LogP contribution in [0.3, 0.4) is 0 Å². The van der Waals surface area contributed by atoms with Crippen molar-refractivity contribution < 1.29 is 4.79 Å². The molecule has 0 aromatic heterocycles. The summed E-state index contributed by atoms with van der Waals surface area (Å²) in [5, 5.41) is 6.25. The lowest BCUT2D eigenvalue weighted by molar-refractivity contribution is 0.0953. The molecule has 140 valence electrons. The molecule has 0 bridgehead atoms. The van der Waals surface area contributed by atoms with E-state index in [0.717, 1.165) is 18.9 Å². The molecule has 0 radical (unpaired) electrons. The topological polar surface area (TPSA) is 56.7 Å². The Hall–Kier alpha value is -2.09. The maximum atomic E-state index is 11.9. The average Bonchev–Trinajstić information content (AvgIpc) is 2.65. The molecule has 5 nitrogen and oxygen atoms in total. The van der Waals surface area contributed by atoms with Crippen molar-refractivity contribution in [1.82, 2.24) is 15.5 Å². The van der Waals surface area contributed by atoms with E-state index in [1.165, 1.54) is 5.56 Å². The van der Waals surface area contributed by atoms with Crippen LogP contribution in [0.4, 0.5) is 0 Å². The van der Waals surface area contributed by atoms with Crippen LogP contribution >= 0.6 is 24.0 Å². The molecule has 2 rings (SSSR count). The van der Waals surface area contributed by atoms with Crippen LogP contribution in [0.15, 0.2) is 65.7 Å². The van der Waals surface area contributed by atoms with Crippen molar-refractivity contribution in [3.05, 3.63) is 71.8 Å². The van der Waals surface area contributed by atoms with Gasteiger partial charge in [0.15, 0.2) is 5.96 Å². The first-order chi connectivity index (χ1) is 12.2. The number of rotatable bonds is 7. The van der Waals surface area contributed by atoms with E-state index in [1.807, 2.05) is 67.5 Å². The Morgan fingerprint density at radius 1 is 0.923 bits per heavy atom. The fourth-order valence-corrected chi connectivity index (χ4v) is 2.29. The minimum absolute atomic E-state index is 0. The van der Waals surface area contributed by atoms with Crippen molar-refractivity contribution in [2.75, 3.05) is 27.2 Å². The van der Waals surface area contributed by atoms with Gasteiger partial charge in [-0.2, -0.15) is 0 Å². The zero-order chi connectivity index (χ0) is 17.9. The second-order valence-electron chi connectivity index (χ2n) is 5.92. The van der Waals surface area contributed by atoms with Crippen molar-refractivity contribution in [3.8, 4) is 0 Å². The fraction of sp³-hybridized carbons (Fsp3) is 0.300. The molecule has 26 heavy (non-hydrogen) atoms. The predicted octanol–water partition coefficient (Wildman–Crippen LogP) is 3.13. The van der Waals surface area contributed by atoms with Gasteiger partial charge in [-0.1, -0.05) is 48.5 Å². The molecule has 0 aliphatic rings. The molecule has 6 heteroatoms. The van der Waals surface area contributed by atoms with Crippen LogP contribution in [0.5, 0.6) is 0 Å². The summed E-state index contributed by atoms with van der Waals surface area (Å²) in [7, 11) is 3.93. The third-order valence-corrected chi connectivity index (χ3v) is 3.64. The number of benzene rings is 2. The molecule has 0 heterocycles. The number of guanidine groups is 1. The van der Waals surface area contributed by atoms with Gasteiger partial charge in [-0.15, -0.1) is 24.0 Å². The third kappa shape index (κ3) is 7.86. The van der Waals surface area contributed by atoms with E-state index in [0.29, 0.717) is 18.7 Å². The third-order valence-electron chi connectivity index (χ3n) is 3.64. The van der Waals surface area contributed by atoms with Crippen LogP contribution in [0, 0.1) is 0 Å². The summed E-state index contributed by atoms with van der Waals surface area (Å²) in [4.78, 5) is 18.5. The molecule has 2 aromatic rings. The molecular formula is C20H27IN4O. The molecule has 0 saturated heterocycles. The van der Waals surface area contributed by atoms with E-state index < -0.39 is 0 Å². The predicted molar refractivity (Wildman–Crippen MR) is 118 cm³/mol. The number of nitrogens with zero attached hydrogens (tertiary/aromatic N) is 2. The van der Waals surface area contributed by atoms with E-state index in [2.05, 4.69) is 27.8 Å². The Kier molecular flexibility index (Phi) is 10.4. The maximum Gasteiger partial charge on any atom is 0.251 e. The summed E-state index contributed by atoms with van der Waals surface area (Å²) in [5.74, 6) is 0.810. The summed E-state index contributed by atoms with van der Waals surface area (Å²) in [6.07, 6.45) is 0.830. The van der Waals surface area contributed by atoms with Gasteiger partial charge in [0.05, 0.1) is 6.54 Å². The number of hydrogen-bond acceptors (Lipinski definition) is 2. The van der Waals surface area contributed by atoms with Crippen molar-refractivity contribution in [2.45, 2.75) is 13.0 Å². The first-order valence-electron chi connectivity index (χ1n) is 8.49. The SMILES string of the molecule is CN(C)C(=NCc1ccccc1)NCCCNC(=O)c1ccccc1.I. The minimum atomic E-state index is -0.0359. The standard InChI is InChI=1S/C20H26N4O.HI/c1-24(2)20(23-16-17-10-5-3-6-11-17)22-15-9-14-21-19(25)18-12-7-4-8-13-18;/h3-8,10-13H,9,14-16H2,1-2H3,(H,21,25)(H,22,23);1H. The number of amides is 1. The highest BCUT2D eigenvalue weighted by molar-refractivity contribution is 14.0. The van der Waals surface area contributed by atoms with Crippen molar-refractivity contribution in [3.63, 3.8) is 0 Å². The quantitative estimate of drug-likeness (QED) is 0.286. The lowest BCUT2D eigenvalue weighted by Gasteiger charge is -2.17. The number of hydrogen-bond donors (Lipinski definition) is 2. The van der Waals surface area contributed by atoms with Crippen LogP contribution in [0.25, 0.3) is 0 Å². The van der Waals surface area contributed by atoms with Crippen LogP contribution in [0.2, 0.25) is 0 Å². The summed E-state index contributed by atoms with van der Waals surface area (Å²) >= 11 is 0. The lowest BCUT2D eigenvalue weighted by atomic mass is 10.2. The second-order valence-corrected chi connectivity index (χ2v) is 5.92. The lowest BCUT2D eigenvalue weighted by Crippen LogP contribution is -2.38. The zero-order valence-electron chi connectivity index (χ0n) is 15.3. The van der Waals surface area contributed by atoms with Crippen LogP contribution in [-0.4, -0.2) is 44.0 Å². The van der Waals surface area contributed by atoms with E-state index in [-0.39, 0.29) is 29.9 Å². The zero-order valence-corrected chi connectivity index (χ0v) is 17.6. The Labute approximate surface area is 172 Å². The molecule has 0 aliphatic heterocycles. The monoisotopic (exact) mass is 466 g/mol.